The van der Waals surface area contributed by atoms with Crippen LogP contribution in [-0.2, 0) is 4.79 Å². The van der Waals surface area contributed by atoms with Crippen LogP contribution in [0.1, 0.15) is 0 Å². The summed E-state index contributed by atoms with van der Waals surface area (Å²) in [6, 6.07) is 0. The van der Waals surface area contributed by atoms with Crippen LogP contribution in [0, 0.1) is 0 Å². The van der Waals surface area contributed by atoms with Gasteiger partial charge in [-0.2, -0.15) is 5.10 Å². The minimum absolute atomic E-state index is 0.206. The van der Waals surface area contributed by atoms with Gasteiger partial charge in [-0.05, 0) is 0 Å². The van der Waals surface area contributed by atoms with E-state index in [1.807, 2.05) is 0 Å². The molecule has 1 heterocycles. The molecular formula is C5H4N4O. The van der Waals surface area contributed by atoms with E-state index < -0.39 is 0 Å². The summed E-state index contributed by atoms with van der Waals surface area (Å²) in [7, 11) is 0. The number of carbonyl (C=O) groups excluding carboxylic acids is 1. The number of rotatable bonds is 0. The van der Waals surface area contributed by atoms with Crippen molar-refractivity contribution in [2.75, 3.05) is 0 Å². The fraction of sp³-hybridized carbons (Fsp3) is 0. The molecule has 10 heavy (non-hydrogen) atoms. The first-order valence-corrected chi connectivity index (χ1v) is 2.49. The molecule has 0 fully saturated rings. The van der Waals surface area contributed by atoms with Crippen molar-refractivity contribution in [3.05, 3.63) is 5.57 Å². The molecule has 0 aromatic carbocycles. The molecular weight excluding hydrogens is 132 g/mol. The fourth-order valence-corrected chi connectivity index (χ4v) is 0.491. The summed E-state index contributed by atoms with van der Waals surface area (Å²) in [6.07, 6.45) is 2.32. The first-order chi connectivity index (χ1) is 4.88. The van der Waals surface area contributed by atoms with E-state index in [1.165, 1.54) is 6.21 Å². The summed E-state index contributed by atoms with van der Waals surface area (Å²) in [6.45, 7) is 0. The number of hydrogen-bond acceptors (Lipinski definition) is 4. The van der Waals surface area contributed by atoms with E-state index in [0.29, 0.717) is 0 Å². The highest BCUT2D eigenvalue weighted by molar-refractivity contribution is 6.24. The van der Waals surface area contributed by atoms with Gasteiger partial charge in [-0.3, -0.25) is 0 Å². The normalized spacial score (nSPS) is 16.0. The van der Waals surface area contributed by atoms with Crippen molar-refractivity contribution in [2.24, 2.45) is 20.9 Å². The largest absolute Gasteiger partial charge is 0.390 e. The Kier molecular flexibility index (Phi) is 1.72. The smallest absolute Gasteiger partial charge is 0.195 e. The lowest BCUT2D eigenvalue weighted by Crippen LogP contribution is -2.00. The van der Waals surface area contributed by atoms with Crippen LogP contribution >= 0.6 is 0 Å². The lowest BCUT2D eigenvalue weighted by molar-refractivity contribution is 0.568. The van der Waals surface area contributed by atoms with Crippen molar-refractivity contribution in [1.29, 1.82) is 0 Å². The quantitative estimate of drug-likeness (QED) is 0.267. The number of hydrogen-bond donors (Lipinski definition) is 1. The maximum Gasteiger partial charge on any atom is 0.195 e. The number of nitrogens with zero attached hydrogens (tertiary/aromatic N) is 3. The maximum atomic E-state index is 10.0. The Labute approximate surface area is 56.7 Å². The minimum Gasteiger partial charge on any atom is -0.390 e. The lowest BCUT2D eigenvalue weighted by Gasteiger charge is -1.83. The SMILES string of the molecule is NC=NC1=NN=CC1=C=O. The molecule has 0 atom stereocenters. The summed E-state index contributed by atoms with van der Waals surface area (Å²) in [5, 5.41) is 6.92. The summed E-state index contributed by atoms with van der Waals surface area (Å²) >= 11 is 0. The topological polar surface area (TPSA) is 80.2 Å². The van der Waals surface area contributed by atoms with Crippen LogP contribution in [0.2, 0.25) is 0 Å². The molecule has 0 saturated heterocycles. The standard InChI is InChI=1S/C5H4N4O/c6-3-7-5-4(2-10)1-8-9-5/h1,3H,(H2,6,7,9). The van der Waals surface area contributed by atoms with Gasteiger partial charge in [0.15, 0.2) is 5.84 Å². The van der Waals surface area contributed by atoms with E-state index >= 15 is 0 Å². The van der Waals surface area contributed by atoms with E-state index in [4.69, 9.17) is 5.73 Å². The molecule has 1 rings (SSSR count). The summed E-state index contributed by atoms with van der Waals surface area (Å²) in [4.78, 5) is 13.6. The first kappa shape index (κ1) is 6.38. The summed E-state index contributed by atoms with van der Waals surface area (Å²) in [5.74, 6) is 1.82. The highest BCUT2D eigenvalue weighted by Gasteiger charge is 2.08. The Bertz CT molecular complexity index is 269. The molecule has 0 unspecified atom stereocenters. The molecule has 1 aliphatic rings. The zero-order valence-corrected chi connectivity index (χ0v) is 4.98. The minimum atomic E-state index is 0.206. The Morgan fingerprint density at radius 2 is 2.60 bits per heavy atom. The van der Waals surface area contributed by atoms with Gasteiger partial charge in [-0.1, -0.05) is 0 Å². The van der Waals surface area contributed by atoms with Crippen LogP contribution in [0.5, 0.6) is 0 Å². The third-order valence-electron chi connectivity index (χ3n) is 0.887. The molecule has 0 saturated carbocycles. The van der Waals surface area contributed by atoms with Crippen LogP contribution in [0.15, 0.2) is 20.8 Å². The third-order valence-corrected chi connectivity index (χ3v) is 0.887. The lowest BCUT2D eigenvalue weighted by atomic mass is 10.3. The van der Waals surface area contributed by atoms with E-state index in [2.05, 4.69) is 15.2 Å². The first-order valence-electron chi connectivity index (χ1n) is 2.49. The molecule has 0 amide bonds. The fourth-order valence-electron chi connectivity index (χ4n) is 0.491. The van der Waals surface area contributed by atoms with Crippen LogP contribution in [0.25, 0.3) is 0 Å². The molecule has 5 nitrogen and oxygen atoms in total. The van der Waals surface area contributed by atoms with Crippen LogP contribution in [0.3, 0.4) is 0 Å². The number of nitrogens with two attached hydrogens (primary N) is 1. The summed E-state index contributed by atoms with van der Waals surface area (Å²) < 4.78 is 0. The second-order valence-electron chi connectivity index (χ2n) is 1.46. The molecule has 0 aliphatic carbocycles. The highest BCUT2D eigenvalue weighted by Crippen LogP contribution is 1.99. The van der Waals surface area contributed by atoms with Crippen LogP contribution < -0.4 is 5.73 Å². The molecule has 0 radical (unpaired) electrons. The average molecular weight is 136 g/mol. The summed E-state index contributed by atoms with van der Waals surface area (Å²) in [5.41, 5.74) is 5.18. The molecule has 0 bridgehead atoms. The Morgan fingerprint density at radius 1 is 1.80 bits per heavy atom. The van der Waals surface area contributed by atoms with Crippen molar-refractivity contribution >= 4 is 24.3 Å². The predicted octanol–water partition coefficient (Wildman–Crippen LogP) is -0.871. The second kappa shape index (κ2) is 2.70. The van der Waals surface area contributed by atoms with Gasteiger partial charge in [0, 0.05) is 0 Å². The monoisotopic (exact) mass is 136 g/mol. The van der Waals surface area contributed by atoms with Crippen molar-refractivity contribution < 1.29 is 4.79 Å². The highest BCUT2D eigenvalue weighted by atomic mass is 16.1. The Hall–Kier alpha value is -1.74. The third kappa shape index (κ3) is 0.985. The molecule has 2 N–H and O–H groups in total. The van der Waals surface area contributed by atoms with Gasteiger partial charge in [-0.25, -0.2) is 9.79 Å². The molecule has 5 heteroatoms. The maximum absolute atomic E-state index is 10.0. The van der Waals surface area contributed by atoms with Crippen molar-refractivity contribution in [3.8, 4) is 0 Å². The van der Waals surface area contributed by atoms with E-state index in [1.54, 1.807) is 5.94 Å². The number of amidine groups is 1. The van der Waals surface area contributed by atoms with Crippen molar-refractivity contribution in [3.63, 3.8) is 0 Å². The molecule has 0 spiro atoms. The van der Waals surface area contributed by atoms with Gasteiger partial charge in [0.05, 0.1) is 12.6 Å². The van der Waals surface area contributed by atoms with E-state index in [-0.39, 0.29) is 11.4 Å². The van der Waals surface area contributed by atoms with Gasteiger partial charge in [-0.15, -0.1) is 5.10 Å². The zero-order valence-electron chi connectivity index (χ0n) is 4.98. The molecule has 50 valence electrons. The molecule has 0 aromatic rings. The van der Waals surface area contributed by atoms with Crippen LogP contribution in [-0.4, -0.2) is 24.3 Å². The van der Waals surface area contributed by atoms with Crippen molar-refractivity contribution in [1.82, 2.24) is 0 Å². The van der Waals surface area contributed by atoms with Crippen LogP contribution in [0.4, 0.5) is 0 Å². The van der Waals surface area contributed by atoms with Gasteiger partial charge in [0.25, 0.3) is 0 Å². The Balaban J connectivity index is 2.93. The number of aliphatic imine (C=N–C) groups is 1. The predicted molar refractivity (Wildman–Crippen MR) is 37.8 cm³/mol. The van der Waals surface area contributed by atoms with Gasteiger partial charge in [0.2, 0.25) is 0 Å². The zero-order chi connectivity index (χ0) is 7.40. The van der Waals surface area contributed by atoms with Crippen molar-refractivity contribution in [2.45, 2.75) is 0 Å². The Morgan fingerprint density at radius 3 is 3.20 bits per heavy atom. The van der Waals surface area contributed by atoms with E-state index in [0.717, 1.165) is 6.34 Å². The second-order valence-corrected chi connectivity index (χ2v) is 1.46. The molecule has 1 aliphatic heterocycles. The average Bonchev–Trinajstić information content (AvgIpc) is 2.36. The van der Waals surface area contributed by atoms with Gasteiger partial charge in [0.1, 0.15) is 11.5 Å². The van der Waals surface area contributed by atoms with E-state index in [9.17, 15) is 4.79 Å². The van der Waals surface area contributed by atoms with Gasteiger partial charge < -0.3 is 5.73 Å². The van der Waals surface area contributed by atoms with Gasteiger partial charge >= 0.3 is 0 Å². The molecule has 0 aromatic heterocycles.